The first-order valence-corrected chi connectivity index (χ1v) is 3.11. The zero-order chi connectivity index (χ0) is 7.49. The van der Waals surface area contributed by atoms with Gasteiger partial charge in [-0.1, -0.05) is 12.0 Å². The normalized spacial score (nSPS) is 14.0. The molecule has 0 aliphatic heterocycles. The number of amidine groups is 1. The highest BCUT2D eigenvalue weighted by Gasteiger charge is 2.03. The first kappa shape index (κ1) is 8.43. The van der Waals surface area contributed by atoms with Crippen LogP contribution < -0.4 is 5.73 Å². The monoisotopic (exact) mass is 130 g/mol. The van der Waals surface area contributed by atoms with Crippen LogP contribution in [0.4, 0.5) is 0 Å². The minimum atomic E-state index is 0.555. The topological polar surface area (TPSA) is 38.4 Å². The second-order valence-corrected chi connectivity index (χ2v) is 2.89. The molecule has 0 atom stereocenters. The molecule has 0 amide bonds. The molecular weight excluding hydrogens is 114 g/mol. The van der Waals surface area contributed by atoms with E-state index in [0.717, 1.165) is 6.42 Å². The van der Waals surface area contributed by atoms with Crippen molar-refractivity contribution in [2.45, 2.75) is 13.3 Å². The Morgan fingerprint density at radius 1 is 1.44 bits per heavy atom. The van der Waals surface area contributed by atoms with Gasteiger partial charge < -0.3 is 5.73 Å². The molecule has 0 aliphatic rings. The van der Waals surface area contributed by atoms with Crippen LogP contribution in [-0.4, -0.2) is 31.6 Å². The number of hydrogen-bond donors (Lipinski definition) is 1. The average Bonchev–Trinajstić information content (AvgIpc) is 1.62. The van der Waals surface area contributed by atoms with Gasteiger partial charge in [0.1, 0.15) is 0 Å². The van der Waals surface area contributed by atoms with Crippen molar-refractivity contribution in [3.8, 4) is 0 Å². The Morgan fingerprint density at radius 3 is 2.00 bits per heavy atom. The summed E-state index contributed by atoms with van der Waals surface area (Å²) in [7, 11) is 5.92. The van der Waals surface area contributed by atoms with Crippen LogP contribution in [0.3, 0.4) is 0 Å². The summed E-state index contributed by atoms with van der Waals surface area (Å²) in [5.74, 6) is 0.711. The van der Waals surface area contributed by atoms with Crippen LogP contribution in [0.2, 0.25) is 0 Å². The average molecular weight is 130 g/mol. The lowest BCUT2D eigenvalue weighted by molar-refractivity contribution is -0.877. The predicted octanol–water partition coefficient (Wildman–Crippen LogP) is 0.375. The van der Waals surface area contributed by atoms with Gasteiger partial charge in [0.25, 0.3) is 0 Å². The maximum Gasteiger partial charge on any atom is 0.155 e. The molecule has 0 aromatic rings. The van der Waals surface area contributed by atoms with Crippen molar-refractivity contribution in [1.82, 2.24) is 0 Å². The Hall–Kier alpha value is -0.570. The highest BCUT2D eigenvalue weighted by Crippen LogP contribution is 1.91. The molecule has 54 valence electrons. The van der Waals surface area contributed by atoms with Crippen molar-refractivity contribution >= 4 is 5.84 Å². The van der Waals surface area contributed by atoms with E-state index < -0.39 is 0 Å². The van der Waals surface area contributed by atoms with Gasteiger partial charge in [0.05, 0.1) is 21.1 Å². The van der Waals surface area contributed by atoms with Crippen LogP contribution in [0, 0.1) is 0 Å². The third-order valence-electron chi connectivity index (χ3n) is 0.791. The van der Waals surface area contributed by atoms with Crippen LogP contribution in [0.15, 0.2) is 5.10 Å². The Morgan fingerprint density at radius 2 is 1.89 bits per heavy atom. The second kappa shape index (κ2) is 2.82. The molecule has 0 saturated carbocycles. The lowest BCUT2D eigenvalue weighted by atomic mass is 10.5. The van der Waals surface area contributed by atoms with Crippen LogP contribution >= 0.6 is 0 Å². The molecule has 0 fully saturated rings. The van der Waals surface area contributed by atoms with Crippen molar-refractivity contribution in [2.75, 3.05) is 21.1 Å². The standard InChI is InChI=1S/C6H16N3/c1-5-6(7)8-9(2,3)4/h5H2,1-4H3,(H2,7,8)/q+1. The maximum atomic E-state index is 5.49. The van der Waals surface area contributed by atoms with Gasteiger partial charge in [-0.05, 0) is 0 Å². The molecule has 0 radical (unpaired) electrons. The molecule has 0 aromatic heterocycles. The van der Waals surface area contributed by atoms with Crippen LogP contribution in [0.5, 0.6) is 0 Å². The third-order valence-corrected chi connectivity index (χ3v) is 0.791. The van der Waals surface area contributed by atoms with Crippen LogP contribution in [-0.2, 0) is 0 Å². The van der Waals surface area contributed by atoms with Gasteiger partial charge in [0, 0.05) is 6.42 Å². The third kappa shape index (κ3) is 5.30. The molecule has 2 N–H and O–H groups in total. The minimum absolute atomic E-state index is 0.555. The van der Waals surface area contributed by atoms with Crippen molar-refractivity contribution < 1.29 is 4.59 Å². The minimum Gasteiger partial charge on any atom is -0.383 e. The summed E-state index contributed by atoms with van der Waals surface area (Å²) in [6.45, 7) is 1.99. The van der Waals surface area contributed by atoms with Crippen molar-refractivity contribution in [3.05, 3.63) is 0 Å². The number of nitrogens with two attached hydrogens (primary N) is 1. The summed E-state index contributed by atoms with van der Waals surface area (Å²) in [5, 5.41) is 4.16. The van der Waals surface area contributed by atoms with E-state index in [1.54, 1.807) is 0 Å². The zero-order valence-corrected chi connectivity index (χ0v) is 6.68. The van der Waals surface area contributed by atoms with Gasteiger partial charge in [-0.3, -0.25) is 0 Å². The summed E-state index contributed by atoms with van der Waals surface area (Å²) in [4.78, 5) is 0. The first-order chi connectivity index (χ1) is 3.95. The maximum absolute atomic E-state index is 5.49. The van der Waals surface area contributed by atoms with E-state index in [4.69, 9.17) is 5.73 Å². The van der Waals surface area contributed by atoms with Crippen molar-refractivity contribution in [3.63, 3.8) is 0 Å². The Kier molecular flexibility index (Phi) is 2.65. The van der Waals surface area contributed by atoms with E-state index in [-0.39, 0.29) is 0 Å². The van der Waals surface area contributed by atoms with Crippen LogP contribution in [0.1, 0.15) is 13.3 Å². The van der Waals surface area contributed by atoms with E-state index in [1.165, 1.54) is 0 Å². The van der Waals surface area contributed by atoms with Gasteiger partial charge in [-0.25, -0.2) is 4.59 Å². The summed E-state index contributed by atoms with van der Waals surface area (Å²) >= 11 is 0. The highest BCUT2D eigenvalue weighted by atomic mass is 15.6. The second-order valence-electron chi connectivity index (χ2n) is 2.89. The van der Waals surface area contributed by atoms with E-state index in [1.807, 2.05) is 28.1 Å². The smallest absolute Gasteiger partial charge is 0.155 e. The van der Waals surface area contributed by atoms with Gasteiger partial charge in [-0.2, -0.15) is 0 Å². The van der Waals surface area contributed by atoms with E-state index in [0.29, 0.717) is 10.4 Å². The van der Waals surface area contributed by atoms with E-state index in [2.05, 4.69) is 5.10 Å². The molecule has 0 spiro atoms. The van der Waals surface area contributed by atoms with Crippen LogP contribution in [0.25, 0.3) is 0 Å². The number of quaternary nitrogens is 1. The summed E-state index contributed by atoms with van der Waals surface area (Å²) in [6, 6.07) is 0. The number of hydrogen-bond acceptors (Lipinski definition) is 1. The summed E-state index contributed by atoms with van der Waals surface area (Å²) in [5.41, 5.74) is 5.49. The molecular formula is C6H16N3+. The predicted molar refractivity (Wildman–Crippen MR) is 39.9 cm³/mol. The largest absolute Gasteiger partial charge is 0.383 e. The zero-order valence-electron chi connectivity index (χ0n) is 6.68. The summed E-state index contributed by atoms with van der Waals surface area (Å²) < 4.78 is 0.555. The van der Waals surface area contributed by atoms with E-state index in [9.17, 15) is 0 Å². The molecule has 0 bridgehead atoms. The lowest BCUT2D eigenvalue weighted by Crippen LogP contribution is -2.31. The SMILES string of the molecule is CCC(N)=N[N+](C)(C)C. The Labute approximate surface area is 56.7 Å². The van der Waals surface area contributed by atoms with Gasteiger partial charge in [-0.15, -0.1) is 0 Å². The number of rotatable bonds is 2. The molecule has 0 aromatic carbocycles. The first-order valence-electron chi connectivity index (χ1n) is 3.11. The van der Waals surface area contributed by atoms with E-state index >= 15 is 0 Å². The molecule has 0 unspecified atom stereocenters. The van der Waals surface area contributed by atoms with Crippen molar-refractivity contribution in [1.29, 1.82) is 0 Å². The van der Waals surface area contributed by atoms with Gasteiger partial charge in [0.2, 0.25) is 0 Å². The quantitative estimate of drug-likeness (QED) is 0.249. The summed E-state index contributed by atoms with van der Waals surface area (Å²) in [6.07, 6.45) is 0.829. The highest BCUT2D eigenvalue weighted by molar-refractivity contribution is 5.79. The molecule has 0 saturated heterocycles. The Bertz CT molecular complexity index is 110. The molecule has 0 heterocycles. The fourth-order valence-electron chi connectivity index (χ4n) is 0.456. The van der Waals surface area contributed by atoms with Gasteiger partial charge in [0.15, 0.2) is 5.84 Å². The lowest BCUT2D eigenvalue weighted by Gasteiger charge is -2.15. The molecule has 3 heteroatoms. The van der Waals surface area contributed by atoms with Crippen molar-refractivity contribution in [2.24, 2.45) is 10.8 Å². The van der Waals surface area contributed by atoms with Gasteiger partial charge >= 0.3 is 0 Å². The Balaban J connectivity index is 3.95. The molecule has 9 heavy (non-hydrogen) atoms. The molecule has 0 aliphatic carbocycles. The number of nitrogens with zero attached hydrogens (tertiary/aromatic N) is 2. The fourth-order valence-corrected chi connectivity index (χ4v) is 0.456. The fraction of sp³-hybridized carbons (Fsp3) is 0.833. The molecule has 0 rings (SSSR count). The molecule has 3 nitrogen and oxygen atoms in total.